The molecule has 0 atom stereocenters. The Kier molecular flexibility index (Phi) is 3.49. The monoisotopic (exact) mass is 309 g/mol. The maximum absolute atomic E-state index is 5.48. The predicted molar refractivity (Wildman–Crippen MR) is 91.3 cm³/mol. The molecule has 1 aliphatic rings. The van der Waals surface area contributed by atoms with E-state index in [0.717, 1.165) is 54.5 Å². The van der Waals surface area contributed by atoms with E-state index in [2.05, 4.69) is 36.9 Å². The van der Waals surface area contributed by atoms with Crippen LogP contribution in [0, 0.1) is 0 Å². The number of nitrogens with zero attached hydrogens (tertiary/aromatic N) is 4. The zero-order valence-electron chi connectivity index (χ0n) is 13.1. The number of benzene rings is 1. The van der Waals surface area contributed by atoms with Gasteiger partial charge in [-0.15, -0.1) is 0 Å². The van der Waals surface area contributed by atoms with Gasteiger partial charge in [0.2, 0.25) is 0 Å². The Labute approximate surface area is 134 Å². The van der Waals surface area contributed by atoms with Gasteiger partial charge in [0.1, 0.15) is 17.6 Å². The number of aromatic nitrogens is 3. The molecule has 0 amide bonds. The number of anilines is 2. The Hall–Kier alpha value is -2.76. The summed E-state index contributed by atoms with van der Waals surface area (Å²) < 4.78 is 5.48. The van der Waals surface area contributed by atoms with Crippen LogP contribution in [0.5, 0.6) is 5.75 Å². The smallest absolute Gasteiger partial charge is 0.156 e. The molecule has 6 heteroatoms. The van der Waals surface area contributed by atoms with Crippen LogP contribution in [0.15, 0.2) is 42.9 Å². The Bertz CT molecular complexity index is 807. The van der Waals surface area contributed by atoms with Crippen LogP contribution in [0.4, 0.5) is 11.5 Å². The second-order valence-corrected chi connectivity index (χ2v) is 5.58. The molecule has 1 aromatic carbocycles. The van der Waals surface area contributed by atoms with Crippen molar-refractivity contribution < 1.29 is 4.74 Å². The van der Waals surface area contributed by atoms with Crippen LogP contribution in [0.2, 0.25) is 0 Å². The van der Waals surface area contributed by atoms with Gasteiger partial charge in [-0.2, -0.15) is 0 Å². The first-order valence-electron chi connectivity index (χ1n) is 7.78. The third kappa shape index (κ3) is 2.46. The number of ether oxygens (including phenoxy) is 1. The van der Waals surface area contributed by atoms with Crippen molar-refractivity contribution in [2.45, 2.75) is 0 Å². The number of aromatic amines is 1. The summed E-state index contributed by atoms with van der Waals surface area (Å²) in [6.07, 6.45) is 3.55. The summed E-state index contributed by atoms with van der Waals surface area (Å²) in [5, 5.41) is 0. The maximum atomic E-state index is 5.48. The van der Waals surface area contributed by atoms with Crippen LogP contribution in [-0.2, 0) is 0 Å². The van der Waals surface area contributed by atoms with E-state index in [1.807, 2.05) is 24.4 Å². The summed E-state index contributed by atoms with van der Waals surface area (Å²) in [5.74, 6) is 1.91. The molecule has 3 heterocycles. The lowest BCUT2D eigenvalue weighted by Crippen LogP contribution is -2.47. The highest BCUT2D eigenvalue weighted by molar-refractivity contribution is 5.86. The molecule has 4 rings (SSSR count). The normalized spacial score (nSPS) is 15.2. The molecule has 3 aromatic rings. The van der Waals surface area contributed by atoms with Crippen molar-refractivity contribution in [2.24, 2.45) is 0 Å². The molecular weight excluding hydrogens is 290 g/mol. The van der Waals surface area contributed by atoms with Gasteiger partial charge in [-0.05, 0) is 18.2 Å². The standard InChI is InChI=1S/C17H19N5O/c1-23-15-5-3-2-4-14(15)21-8-10-22(11-9-21)17-16-13(6-7-18-16)19-12-20-17/h2-7,12,18H,8-11H2,1H3. The van der Waals surface area contributed by atoms with Crippen molar-refractivity contribution in [2.75, 3.05) is 43.1 Å². The zero-order valence-corrected chi connectivity index (χ0v) is 13.1. The summed E-state index contributed by atoms with van der Waals surface area (Å²) in [5.41, 5.74) is 3.13. The number of para-hydroxylation sites is 2. The number of rotatable bonds is 3. The van der Waals surface area contributed by atoms with Gasteiger partial charge in [0.25, 0.3) is 0 Å². The van der Waals surface area contributed by atoms with Gasteiger partial charge >= 0.3 is 0 Å². The fraction of sp³-hybridized carbons (Fsp3) is 0.294. The molecule has 0 radical (unpaired) electrons. The number of fused-ring (bicyclic) bond motifs is 1. The van der Waals surface area contributed by atoms with Crippen molar-refractivity contribution in [3.63, 3.8) is 0 Å². The molecule has 1 fully saturated rings. The van der Waals surface area contributed by atoms with E-state index in [1.165, 1.54) is 0 Å². The summed E-state index contributed by atoms with van der Waals surface area (Å²) in [6, 6.07) is 10.2. The molecule has 0 spiro atoms. The van der Waals surface area contributed by atoms with Gasteiger partial charge in [0, 0.05) is 32.4 Å². The number of methoxy groups -OCH3 is 1. The first kappa shape index (κ1) is 13.9. The fourth-order valence-corrected chi connectivity index (χ4v) is 3.15. The van der Waals surface area contributed by atoms with Gasteiger partial charge in [0.15, 0.2) is 5.82 Å². The highest BCUT2D eigenvalue weighted by Crippen LogP contribution is 2.29. The fourth-order valence-electron chi connectivity index (χ4n) is 3.15. The second-order valence-electron chi connectivity index (χ2n) is 5.58. The number of hydrogen-bond acceptors (Lipinski definition) is 5. The molecule has 1 saturated heterocycles. The van der Waals surface area contributed by atoms with Crippen molar-refractivity contribution in [3.05, 3.63) is 42.9 Å². The van der Waals surface area contributed by atoms with Crippen LogP contribution in [-0.4, -0.2) is 48.2 Å². The van der Waals surface area contributed by atoms with Crippen molar-refractivity contribution in [1.29, 1.82) is 0 Å². The highest BCUT2D eigenvalue weighted by Gasteiger charge is 2.22. The van der Waals surface area contributed by atoms with Gasteiger partial charge < -0.3 is 19.5 Å². The Balaban J connectivity index is 1.54. The van der Waals surface area contributed by atoms with Gasteiger partial charge in [-0.25, -0.2) is 9.97 Å². The number of H-pyrrole nitrogens is 1. The van der Waals surface area contributed by atoms with Crippen LogP contribution in [0.25, 0.3) is 11.0 Å². The Morgan fingerprint density at radius 1 is 1.00 bits per heavy atom. The topological polar surface area (TPSA) is 57.3 Å². The van der Waals surface area contributed by atoms with E-state index in [1.54, 1.807) is 13.4 Å². The quantitative estimate of drug-likeness (QED) is 0.804. The first-order chi connectivity index (χ1) is 11.4. The number of nitrogens with one attached hydrogen (secondary N) is 1. The van der Waals surface area contributed by atoms with Crippen LogP contribution < -0.4 is 14.5 Å². The van der Waals surface area contributed by atoms with Gasteiger partial charge in [0.05, 0.1) is 18.3 Å². The molecule has 6 nitrogen and oxygen atoms in total. The van der Waals surface area contributed by atoms with E-state index in [9.17, 15) is 0 Å². The van der Waals surface area contributed by atoms with Crippen LogP contribution >= 0.6 is 0 Å². The molecule has 0 aliphatic carbocycles. The van der Waals surface area contributed by atoms with Crippen LogP contribution in [0.1, 0.15) is 0 Å². The molecule has 0 bridgehead atoms. The van der Waals surface area contributed by atoms with Gasteiger partial charge in [-0.3, -0.25) is 0 Å². The van der Waals surface area contributed by atoms with Crippen molar-refractivity contribution >= 4 is 22.5 Å². The van der Waals surface area contributed by atoms with E-state index in [-0.39, 0.29) is 0 Å². The van der Waals surface area contributed by atoms with E-state index in [0.29, 0.717) is 0 Å². The van der Waals surface area contributed by atoms with E-state index < -0.39 is 0 Å². The predicted octanol–water partition coefficient (Wildman–Crippen LogP) is 2.29. The van der Waals surface area contributed by atoms with Gasteiger partial charge in [-0.1, -0.05) is 12.1 Å². The lowest BCUT2D eigenvalue weighted by atomic mass is 10.2. The maximum Gasteiger partial charge on any atom is 0.156 e. The van der Waals surface area contributed by atoms with Crippen molar-refractivity contribution in [3.8, 4) is 5.75 Å². The highest BCUT2D eigenvalue weighted by atomic mass is 16.5. The molecule has 118 valence electrons. The molecule has 2 aromatic heterocycles. The lowest BCUT2D eigenvalue weighted by molar-refractivity contribution is 0.413. The number of piperazine rings is 1. The first-order valence-corrected chi connectivity index (χ1v) is 7.78. The summed E-state index contributed by atoms with van der Waals surface area (Å²) in [6.45, 7) is 3.71. The molecule has 0 unspecified atom stereocenters. The summed E-state index contributed by atoms with van der Waals surface area (Å²) >= 11 is 0. The van der Waals surface area contributed by atoms with E-state index in [4.69, 9.17) is 4.74 Å². The lowest BCUT2D eigenvalue weighted by Gasteiger charge is -2.37. The zero-order chi connectivity index (χ0) is 15.6. The summed E-state index contributed by atoms with van der Waals surface area (Å²) in [4.78, 5) is 16.7. The third-order valence-corrected chi connectivity index (χ3v) is 4.33. The molecule has 23 heavy (non-hydrogen) atoms. The second kappa shape index (κ2) is 5.79. The minimum absolute atomic E-state index is 0.920. The Morgan fingerprint density at radius 2 is 1.78 bits per heavy atom. The average molecular weight is 309 g/mol. The largest absolute Gasteiger partial charge is 0.495 e. The molecular formula is C17H19N5O. The number of hydrogen-bond donors (Lipinski definition) is 1. The minimum atomic E-state index is 0.920. The molecule has 1 aliphatic heterocycles. The third-order valence-electron chi connectivity index (χ3n) is 4.33. The van der Waals surface area contributed by atoms with E-state index >= 15 is 0 Å². The molecule has 0 saturated carbocycles. The minimum Gasteiger partial charge on any atom is -0.495 e. The van der Waals surface area contributed by atoms with Crippen molar-refractivity contribution in [1.82, 2.24) is 15.0 Å². The summed E-state index contributed by atoms with van der Waals surface area (Å²) in [7, 11) is 1.72. The Morgan fingerprint density at radius 3 is 2.61 bits per heavy atom. The van der Waals surface area contributed by atoms with Crippen LogP contribution in [0.3, 0.4) is 0 Å². The average Bonchev–Trinajstić information content (AvgIpc) is 3.10. The molecule has 1 N–H and O–H groups in total. The SMILES string of the molecule is COc1ccccc1N1CCN(c2ncnc3cc[nH]c23)CC1.